The fourth-order valence-electron chi connectivity index (χ4n) is 4.78. The van der Waals surface area contributed by atoms with E-state index in [1.807, 2.05) is 48.7 Å². The molecule has 4 rings (SSSR count). The van der Waals surface area contributed by atoms with Gasteiger partial charge in [0.1, 0.15) is 0 Å². The topological polar surface area (TPSA) is 70.2 Å². The van der Waals surface area contributed by atoms with Crippen molar-refractivity contribution in [3.8, 4) is 0 Å². The van der Waals surface area contributed by atoms with Crippen LogP contribution in [0.2, 0.25) is 0 Å². The molecule has 0 saturated heterocycles. The summed E-state index contributed by atoms with van der Waals surface area (Å²) in [6.45, 7) is 5.94. The zero-order valence-electron chi connectivity index (χ0n) is 19.7. The number of carbonyl (C=O) groups is 2. The van der Waals surface area contributed by atoms with Crippen LogP contribution < -0.4 is 16.0 Å². The molecule has 0 spiro atoms. The van der Waals surface area contributed by atoms with E-state index in [1.54, 1.807) is 0 Å². The van der Waals surface area contributed by atoms with Gasteiger partial charge in [-0.3, -0.25) is 9.59 Å². The van der Waals surface area contributed by atoms with Gasteiger partial charge in [-0.1, -0.05) is 44.9 Å². The molecule has 2 aromatic carbocycles. The molecule has 1 saturated carbocycles. The highest BCUT2D eigenvalue weighted by Crippen LogP contribution is 2.48. The van der Waals surface area contributed by atoms with Crippen LogP contribution in [0.3, 0.4) is 0 Å². The highest BCUT2D eigenvalue weighted by molar-refractivity contribution is 5.96. The van der Waals surface area contributed by atoms with Gasteiger partial charge in [-0.15, -0.1) is 0 Å². The molecule has 0 radical (unpaired) electrons. The average Bonchev–Trinajstić information content (AvgIpc) is 3.64. The number of fused-ring (bicyclic) bond motifs is 1. The van der Waals surface area contributed by atoms with Crippen molar-refractivity contribution in [3.63, 3.8) is 0 Å². The van der Waals surface area contributed by atoms with Crippen LogP contribution in [0.15, 0.2) is 48.7 Å². The number of hydrogen-bond acceptors (Lipinski definition) is 3. The molecule has 2 aliphatic rings. The van der Waals surface area contributed by atoms with Crippen LogP contribution in [0.1, 0.15) is 78.9 Å². The minimum absolute atomic E-state index is 0.0123. The monoisotopic (exact) mass is 445 g/mol. The molecular weight excluding hydrogens is 410 g/mol. The summed E-state index contributed by atoms with van der Waals surface area (Å²) in [6.07, 6.45) is 9.40. The maximum atomic E-state index is 12.8. The van der Waals surface area contributed by atoms with Crippen molar-refractivity contribution < 1.29 is 9.59 Å². The van der Waals surface area contributed by atoms with E-state index in [2.05, 4.69) is 35.9 Å². The summed E-state index contributed by atoms with van der Waals surface area (Å²) in [6, 6.07) is 13.8. The molecule has 5 heteroatoms. The highest BCUT2D eigenvalue weighted by atomic mass is 16.2. The van der Waals surface area contributed by atoms with Crippen LogP contribution in [0.25, 0.3) is 6.08 Å². The number of rotatable bonds is 10. The SMILES string of the molecule is CCCC(CCC)CNC(=O)c1ccc(C2CC2C(=O)Nc2ccc3c(c2)C=CNC3)cc1. The maximum Gasteiger partial charge on any atom is 0.251 e. The van der Waals surface area contributed by atoms with Gasteiger partial charge in [-0.05, 0) is 84.3 Å². The normalized spacial score (nSPS) is 18.4. The van der Waals surface area contributed by atoms with Gasteiger partial charge in [0.25, 0.3) is 5.91 Å². The first kappa shape index (κ1) is 23.1. The van der Waals surface area contributed by atoms with Gasteiger partial charge in [-0.2, -0.15) is 0 Å². The van der Waals surface area contributed by atoms with Crippen molar-refractivity contribution in [2.24, 2.45) is 11.8 Å². The molecule has 174 valence electrons. The molecule has 1 fully saturated rings. The zero-order chi connectivity index (χ0) is 23.2. The molecule has 33 heavy (non-hydrogen) atoms. The largest absolute Gasteiger partial charge is 0.387 e. The summed E-state index contributed by atoms with van der Waals surface area (Å²) < 4.78 is 0. The van der Waals surface area contributed by atoms with Gasteiger partial charge in [0.05, 0.1) is 0 Å². The van der Waals surface area contributed by atoms with Crippen LogP contribution in [0.4, 0.5) is 5.69 Å². The summed E-state index contributed by atoms with van der Waals surface area (Å²) in [7, 11) is 0. The van der Waals surface area contributed by atoms with Crippen LogP contribution in [-0.2, 0) is 11.3 Å². The fraction of sp³-hybridized carbons (Fsp3) is 0.429. The number of carbonyl (C=O) groups excluding carboxylic acids is 2. The lowest BCUT2D eigenvalue weighted by Crippen LogP contribution is -2.29. The number of benzene rings is 2. The molecule has 2 unspecified atom stereocenters. The van der Waals surface area contributed by atoms with Gasteiger partial charge in [0.15, 0.2) is 0 Å². The molecule has 3 N–H and O–H groups in total. The summed E-state index contributed by atoms with van der Waals surface area (Å²) in [5.74, 6) is 0.818. The first-order valence-corrected chi connectivity index (χ1v) is 12.3. The van der Waals surface area contributed by atoms with Gasteiger partial charge in [0, 0.05) is 30.3 Å². The summed E-state index contributed by atoms with van der Waals surface area (Å²) in [4.78, 5) is 25.3. The predicted octanol–water partition coefficient (Wildman–Crippen LogP) is 5.45. The van der Waals surface area contributed by atoms with Gasteiger partial charge in [-0.25, -0.2) is 0 Å². The Morgan fingerprint density at radius 3 is 2.55 bits per heavy atom. The lowest BCUT2D eigenvalue weighted by Gasteiger charge is -2.16. The van der Waals surface area contributed by atoms with Crippen LogP contribution in [0, 0.1) is 11.8 Å². The second-order valence-corrected chi connectivity index (χ2v) is 9.34. The molecule has 2 aromatic rings. The van der Waals surface area contributed by atoms with Crippen molar-refractivity contribution in [2.75, 3.05) is 11.9 Å². The van der Waals surface area contributed by atoms with E-state index in [1.165, 1.54) is 5.56 Å². The Bertz CT molecular complexity index is 1010. The third kappa shape index (κ3) is 5.84. The Hall–Kier alpha value is -3.08. The molecule has 5 nitrogen and oxygen atoms in total. The lowest BCUT2D eigenvalue weighted by atomic mass is 9.98. The zero-order valence-corrected chi connectivity index (χ0v) is 19.7. The lowest BCUT2D eigenvalue weighted by molar-refractivity contribution is -0.117. The third-order valence-corrected chi connectivity index (χ3v) is 6.76. The molecule has 1 aliphatic heterocycles. The Morgan fingerprint density at radius 1 is 1.06 bits per heavy atom. The summed E-state index contributed by atoms with van der Waals surface area (Å²) in [5, 5.41) is 9.36. The molecule has 0 aromatic heterocycles. The smallest absolute Gasteiger partial charge is 0.251 e. The van der Waals surface area contributed by atoms with E-state index in [0.717, 1.165) is 62.0 Å². The first-order valence-electron chi connectivity index (χ1n) is 12.3. The van der Waals surface area contributed by atoms with Gasteiger partial charge in [0.2, 0.25) is 5.91 Å². The minimum Gasteiger partial charge on any atom is -0.387 e. The Balaban J connectivity index is 1.29. The molecule has 1 aliphatic carbocycles. The molecule has 0 bridgehead atoms. The Kier molecular flexibility index (Phi) is 7.48. The fourth-order valence-corrected chi connectivity index (χ4v) is 4.78. The minimum atomic E-state index is -0.0134. The quantitative estimate of drug-likeness (QED) is 0.455. The van der Waals surface area contributed by atoms with Crippen molar-refractivity contribution in [3.05, 3.63) is 70.9 Å². The number of anilines is 1. The van der Waals surface area contributed by atoms with E-state index in [4.69, 9.17) is 0 Å². The van der Waals surface area contributed by atoms with Crippen LogP contribution in [0.5, 0.6) is 0 Å². The van der Waals surface area contributed by atoms with Crippen LogP contribution >= 0.6 is 0 Å². The highest BCUT2D eigenvalue weighted by Gasteiger charge is 2.44. The summed E-state index contributed by atoms with van der Waals surface area (Å²) in [5.41, 5.74) is 5.02. The van der Waals surface area contributed by atoms with E-state index in [9.17, 15) is 9.59 Å². The number of hydrogen-bond donors (Lipinski definition) is 3. The molecule has 2 atom stereocenters. The maximum absolute atomic E-state index is 12.8. The second-order valence-electron chi connectivity index (χ2n) is 9.34. The molecule has 2 amide bonds. The van der Waals surface area contributed by atoms with Crippen molar-refractivity contribution in [1.29, 1.82) is 0 Å². The van der Waals surface area contributed by atoms with Crippen LogP contribution in [-0.4, -0.2) is 18.4 Å². The predicted molar refractivity (Wildman–Crippen MR) is 134 cm³/mol. The third-order valence-electron chi connectivity index (χ3n) is 6.76. The molecule has 1 heterocycles. The van der Waals surface area contributed by atoms with Gasteiger partial charge >= 0.3 is 0 Å². The average molecular weight is 446 g/mol. The van der Waals surface area contributed by atoms with E-state index in [0.29, 0.717) is 11.5 Å². The first-order chi connectivity index (χ1) is 16.1. The van der Waals surface area contributed by atoms with E-state index in [-0.39, 0.29) is 23.7 Å². The van der Waals surface area contributed by atoms with E-state index < -0.39 is 0 Å². The van der Waals surface area contributed by atoms with Gasteiger partial charge < -0.3 is 16.0 Å². The van der Waals surface area contributed by atoms with E-state index >= 15 is 0 Å². The van der Waals surface area contributed by atoms with Crippen molar-refractivity contribution in [2.45, 2.75) is 58.4 Å². The number of amides is 2. The molecular formula is C28H35N3O2. The second kappa shape index (κ2) is 10.7. The van der Waals surface area contributed by atoms with Crippen molar-refractivity contribution >= 4 is 23.6 Å². The number of nitrogens with one attached hydrogen (secondary N) is 3. The standard InChI is InChI=1S/C28H35N3O2/c1-3-5-19(6-4-2)17-30-27(32)21-9-7-20(8-10-21)25-16-26(25)28(33)31-24-12-11-23-18-29-14-13-22(23)15-24/h7-15,19,25-26,29H,3-6,16-18H2,1-2H3,(H,30,32)(H,31,33). The Morgan fingerprint density at radius 2 is 1.82 bits per heavy atom. The summed E-state index contributed by atoms with van der Waals surface area (Å²) >= 11 is 0. The van der Waals surface area contributed by atoms with Crippen molar-refractivity contribution in [1.82, 2.24) is 10.6 Å². The Labute approximate surface area is 197 Å².